The van der Waals surface area contributed by atoms with Crippen molar-refractivity contribution in [3.05, 3.63) is 46.5 Å². The van der Waals surface area contributed by atoms with E-state index in [0.717, 1.165) is 50.1 Å². The summed E-state index contributed by atoms with van der Waals surface area (Å²) in [6.07, 6.45) is 4.97. The molecule has 0 amide bonds. The van der Waals surface area contributed by atoms with Gasteiger partial charge in [-0.15, -0.1) is 35.3 Å². The van der Waals surface area contributed by atoms with Crippen molar-refractivity contribution in [1.82, 2.24) is 10.6 Å². The Kier molecular flexibility index (Phi) is 10.8. The van der Waals surface area contributed by atoms with E-state index < -0.39 is 0 Å². The molecule has 4 nitrogen and oxygen atoms in total. The summed E-state index contributed by atoms with van der Waals surface area (Å²) in [5.74, 6) is 2.62. The Morgan fingerprint density at radius 1 is 1.21 bits per heavy atom. The second-order valence-corrected chi connectivity index (χ2v) is 7.00. The minimum atomic E-state index is 0. The highest BCUT2D eigenvalue weighted by molar-refractivity contribution is 14.0. The summed E-state index contributed by atoms with van der Waals surface area (Å²) in [5, 5.41) is 8.91. The lowest BCUT2D eigenvalue weighted by Crippen LogP contribution is -2.39. The quantitative estimate of drug-likeness (QED) is 0.247. The highest BCUT2D eigenvalue weighted by Crippen LogP contribution is 2.09. The van der Waals surface area contributed by atoms with E-state index in [2.05, 4.69) is 47.0 Å². The fourth-order valence-corrected chi connectivity index (χ4v) is 2.84. The Morgan fingerprint density at radius 3 is 2.71 bits per heavy atom. The zero-order valence-electron chi connectivity index (χ0n) is 14.5. The van der Waals surface area contributed by atoms with E-state index in [0.29, 0.717) is 0 Å². The normalized spacial score (nSPS) is 11.4. The molecule has 134 valence electrons. The molecule has 0 saturated heterocycles. The summed E-state index contributed by atoms with van der Waals surface area (Å²) >= 11 is 1.74. The van der Waals surface area contributed by atoms with E-state index in [-0.39, 0.29) is 24.0 Å². The van der Waals surface area contributed by atoms with Crippen molar-refractivity contribution < 1.29 is 4.42 Å². The van der Waals surface area contributed by atoms with Gasteiger partial charge in [-0.3, -0.25) is 0 Å². The second-order valence-electron chi connectivity index (χ2n) is 5.96. The fourth-order valence-electron chi connectivity index (χ4n) is 2.21. The number of nitrogens with one attached hydrogen (secondary N) is 2. The number of furan rings is 1. The van der Waals surface area contributed by atoms with Gasteiger partial charge in [0.25, 0.3) is 0 Å². The van der Waals surface area contributed by atoms with Crippen LogP contribution in [-0.2, 0) is 13.0 Å². The van der Waals surface area contributed by atoms with Crippen molar-refractivity contribution in [2.75, 3.05) is 13.1 Å². The molecule has 2 aromatic rings. The summed E-state index contributed by atoms with van der Waals surface area (Å²) in [6.45, 7) is 7.00. The van der Waals surface area contributed by atoms with Crippen LogP contribution in [-0.4, -0.2) is 19.0 Å². The van der Waals surface area contributed by atoms with E-state index in [1.807, 2.05) is 12.1 Å². The standard InChI is InChI=1S/C18H27N3OS.HI/c1-15(2)6-3-10-19-18(21-14-17-8-5-13-23-17)20-11-9-16-7-4-12-22-16;/h4-5,7-8,12-13,15H,3,6,9-11,14H2,1-2H3,(H2,19,20,21);1H. The summed E-state index contributed by atoms with van der Waals surface area (Å²) in [7, 11) is 0. The minimum Gasteiger partial charge on any atom is -0.469 e. The van der Waals surface area contributed by atoms with E-state index in [9.17, 15) is 0 Å². The number of guanidine groups is 1. The van der Waals surface area contributed by atoms with Crippen molar-refractivity contribution in [1.29, 1.82) is 0 Å². The first-order valence-electron chi connectivity index (χ1n) is 8.31. The molecule has 2 N–H and O–H groups in total. The third kappa shape index (κ3) is 8.73. The van der Waals surface area contributed by atoms with Crippen LogP contribution in [0.3, 0.4) is 0 Å². The van der Waals surface area contributed by atoms with Crippen LogP contribution in [0.2, 0.25) is 0 Å². The topological polar surface area (TPSA) is 49.6 Å². The molecule has 2 heterocycles. The predicted octanol–water partition coefficient (Wildman–Crippen LogP) is 4.67. The molecule has 0 saturated carbocycles. The predicted molar refractivity (Wildman–Crippen MR) is 113 cm³/mol. The highest BCUT2D eigenvalue weighted by Gasteiger charge is 2.02. The van der Waals surface area contributed by atoms with Gasteiger partial charge in [-0.05, 0) is 42.3 Å². The minimum absolute atomic E-state index is 0. The number of thiophene rings is 1. The molecule has 0 bridgehead atoms. The molecule has 0 unspecified atom stereocenters. The summed E-state index contributed by atoms with van der Waals surface area (Å²) in [5.41, 5.74) is 0. The molecule has 2 rings (SSSR count). The zero-order valence-corrected chi connectivity index (χ0v) is 17.6. The molecule has 0 aliphatic rings. The van der Waals surface area contributed by atoms with Crippen LogP contribution in [0, 0.1) is 5.92 Å². The Bertz CT molecular complexity index is 553. The molecule has 24 heavy (non-hydrogen) atoms. The maximum Gasteiger partial charge on any atom is 0.191 e. The monoisotopic (exact) mass is 461 g/mol. The SMILES string of the molecule is CC(C)CCCNC(=NCc1cccs1)NCCc1ccco1.I. The van der Waals surface area contributed by atoms with E-state index in [4.69, 9.17) is 4.42 Å². The van der Waals surface area contributed by atoms with Crippen LogP contribution in [0.15, 0.2) is 45.3 Å². The molecular formula is C18H28IN3OS. The summed E-state index contributed by atoms with van der Waals surface area (Å²) < 4.78 is 5.36. The molecule has 6 heteroatoms. The van der Waals surface area contributed by atoms with Crippen molar-refractivity contribution >= 4 is 41.3 Å². The van der Waals surface area contributed by atoms with Crippen molar-refractivity contribution in [2.24, 2.45) is 10.9 Å². The zero-order chi connectivity index (χ0) is 16.3. The maximum atomic E-state index is 5.36. The maximum absolute atomic E-state index is 5.36. The van der Waals surface area contributed by atoms with Crippen molar-refractivity contribution in [3.63, 3.8) is 0 Å². The van der Waals surface area contributed by atoms with Crippen LogP contribution in [0.5, 0.6) is 0 Å². The molecular weight excluding hydrogens is 433 g/mol. The first kappa shape index (κ1) is 21.0. The van der Waals surface area contributed by atoms with Crippen LogP contribution in [0.1, 0.15) is 37.3 Å². The van der Waals surface area contributed by atoms with Gasteiger partial charge in [0.2, 0.25) is 0 Å². The first-order valence-corrected chi connectivity index (χ1v) is 9.19. The number of hydrogen-bond donors (Lipinski definition) is 2. The lowest BCUT2D eigenvalue weighted by Gasteiger charge is -2.12. The largest absolute Gasteiger partial charge is 0.469 e. The van der Waals surface area contributed by atoms with E-state index in [1.165, 1.54) is 11.3 Å². The molecule has 0 fully saturated rings. The lowest BCUT2D eigenvalue weighted by atomic mass is 10.1. The summed E-state index contributed by atoms with van der Waals surface area (Å²) in [6, 6.07) is 8.11. The average Bonchev–Trinajstić information content (AvgIpc) is 3.21. The third-order valence-electron chi connectivity index (χ3n) is 3.47. The lowest BCUT2D eigenvalue weighted by molar-refractivity contribution is 0.506. The molecule has 0 aliphatic heterocycles. The number of rotatable bonds is 9. The van der Waals surface area contributed by atoms with E-state index in [1.54, 1.807) is 17.6 Å². The number of nitrogens with zero attached hydrogens (tertiary/aromatic N) is 1. The average molecular weight is 461 g/mol. The van der Waals surface area contributed by atoms with Crippen LogP contribution >= 0.6 is 35.3 Å². The first-order chi connectivity index (χ1) is 11.2. The highest BCUT2D eigenvalue weighted by atomic mass is 127. The van der Waals surface area contributed by atoms with Gasteiger partial charge in [-0.25, -0.2) is 4.99 Å². The van der Waals surface area contributed by atoms with Gasteiger partial charge in [0.1, 0.15) is 5.76 Å². The smallest absolute Gasteiger partial charge is 0.191 e. The Hall–Kier alpha value is -1.02. The van der Waals surface area contributed by atoms with Gasteiger partial charge >= 0.3 is 0 Å². The Morgan fingerprint density at radius 2 is 2.04 bits per heavy atom. The van der Waals surface area contributed by atoms with Gasteiger partial charge in [0, 0.05) is 24.4 Å². The van der Waals surface area contributed by atoms with Crippen LogP contribution in [0.25, 0.3) is 0 Å². The Labute approximate surface area is 166 Å². The van der Waals surface area contributed by atoms with Gasteiger partial charge in [-0.1, -0.05) is 19.9 Å². The number of hydrogen-bond acceptors (Lipinski definition) is 3. The van der Waals surface area contributed by atoms with Crippen molar-refractivity contribution in [2.45, 2.75) is 39.7 Å². The van der Waals surface area contributed by atoms with Crippen LogP contribution < -0.4 is 10.6 Å². The summed E-state index contributed by atoms with van der Waals surface area (Å²) in [4.78, 5) is 5.95. The van der Waals surface area contributed by atoms with Crippen molar-refractivity contribution in [3.8, 4) is 0 Å². The molecule has 0 aromatic carbocycles. The second kappa shape index (κ2) is 12.4. The number of aliphatic imine (C=N–C) groups is 1. The molecule has 0 radical (unpaired) electrons. The molecule has 0 aliphatic carbocycles. The third-order valence-corrected chi connectivity index (χ3v) is 4.33. The van der Waals surface area contributed by atoms with Gasteiger partial charge < -0.3 is 15.1 Å². The Balaban J connectivity index is 0.00000288. The molecule has 0 spiro atoms. The fraction of sp³-hybridized carbons (Fsp3) is 0.500. The van der Waals surface area contributed by atoms with Gasteiger partial charge in [0.15, 0.2) is 5.96 Å². The molecule has 0 atom stereocenters. The van der Waals surface area contributed by atoms with Gasteiger partial charge in [-0.2, -0.15) is 0 Å². The molecule has 2 aromatic heterocycles. The van der Waals surface area contributed by atoms with Gasteiger partial charge in [0.05, 0.1) is 12.8 Å². The van der Waals surface area contributed by atoms with Crippen LogP contribution in [0.4, 0.5) is 0 Å². The number of halogens is 1. The van der Waals surface area contributed by atoms with E-state index >= 15 is 0 Å².